The van der Waals surface area contributed by atoms with E-state index in [1.165, 1.54) is 80.6 Å². The number of thiophene rings is 1. The second-order valence-corrected chi connectivity index (χ2v) is 12.8. The monoisotopic (exact) mass is 590 g/mol. The Bertz CT molecular complexity index is 2730. The molecule has 0 N–H and O–H groups in total. The van der Waals surface area contributed by atoms with Crippen LogP contribution in [0.1, 0.15) is 0 Å². The maximum atomic E-state index is 2.51. The first-order valence-corrected chi connectivity index (χ1v) is 16.2. The van der Waals surface area contributed by atoms with Crippen LogP contribution in [0.5, 0.6) is 0 Å². The van der Waals surface area contributed by atoms with Gasteiger partial charge in [-0.3, -0.25) is 0 Å². The summed E-state index contributed by atoms with van der Waals surface area (Å²) in [5.41, 5.74) is 9.77. The number of hydrogen-bond acceptors (Lipinski definition) is 1. The first-order chi connectivity index (χ1) is 22.4. The lowest BCUT2D eigenvalue weighted by molar-refractivity contribution is 1.18. The van der Waals surface area contributed by atoms with Crippen molar-refractivity contribution in [3.05, 3.63) is 158 Å². The Morgan fingerprint density at radius 3 is 1.58 bits per heavy atom. The van der Waals surface area contributed by atoms with Crippen LogP contribution in [0.3, 0.4) is 0 Å². The molecule has 0 unspecified atom stereocenters. The van der Waals surface area contributed by atoms with Gasteiger partial charge < -0.3 is 9.13 Å². The van der Waals surface area contributed by atoms with Crippen molar-refractivity contribution in [2.75, 3.05) is 0 Å². The summed E-state index contributed by atoms with van der Waals surface area (Å²) in [6, 6.07) is 57.3. The quantitative estimate of drug-likeness (QED) is 0.194. The Kier molecular flexibility index (Phi) is 5.19. The Morgan fingerprint density at radius 1 is 0.356 bits per heavy atom. The number of rotatable bonds is 3. The summed E-state index contributed by atoms with van der Waals surface area (Å²) in [6.45, 7) is 0. The van der Waals surface area contributed by atoms with Gasteiger partial charge in [-0.05, 0) is 53.6 Å². The van der Waals surface area contributed by atoms with Gasteiger partial charge in [-0.2, -0.15) is 0 Å². The van der Waals surface area contributed by atoms with E-state index >= 15 is 0 Å². The predicted molar refractivity (Wildman–Crippen MR) is 193 cm³/mol. The number of para-hydroxylation sites is 3. The summed E-state index contributed by atoms with van der Waals surface area (Å²) in [6.07, 6.45) is 0. The van der Waals surface area contributed by atoms with Crippen molar-refractivity contribution in [2.24, 2.45) is 0 Å². The molecule has 45 heavy (non-hydrogen) atoms. The molecule has 3 heteroatoms. The van der Waals surface area contributed by atoms with Crippen LogP contribution in [0.25, 0.3) is 86.3 Å². The van der Waals surface area contributed by atoms with E-state index in [9.17, 15) is 0 Å². The number of nitrogens with zero attached hydrogens (tertiary/aromatic N) is 2. The van der Waals surface area contributed by atoms with Crippen molar-refractivity contribution in [3.63, 3.8) is 0 Å². The Morgan fingerprint density at radius 2 is 0.867 bits per heavy atom. The third-order valence-electron chi connectivity index (χ3n) is 9.29. The second-order valence-electron chi connectivity index (χ2n) is 11.7. The largest absolute Gasteiger partial charge is 0.309 e. The topological polar surface area (TPSA) is 9.86 Å². The van der Waals surface area contributed by atoms with E-state index in [1.807, 2.05) is 11.3 Å². The van der Waals surface area contributed by atoms with Crippen molar-refractivity contribution in [2.45, 2.75) is 0 Å². The Hall–Kier alpha value is -5.64. The maximum absolute atomic E-state index is 2.51. The molecule has 0 saturated heterocycles. The molecule has 0 bridgehead atoms. The van der Waals surface area contributed by atoms with Crippen LogP contribution in [-0.4, -0.2) is 9.13 Å². The molecule has 0 spiro atoms. The summed E-state index contributed by atoms with van der Waals surface area (Å²) >= 11 is 1.91. The zero-order valence-electron chi connectivity index (χ0n) is 24.3. The number of fused-ring (bicyclic) bond motifs is 12. The van der Waals surface area contributed by atoms with E-state index in [0.717, 1.165) is 5.69 Å². The summed E-state index contributed by atoms with van der Waals surface area (Å²) in [5.74, 6) is 0. The van der Waals surface area contributed by atoms with Gasteiger partial charge in [0, 0.05) is 48.4 Å². The normalized spacial score (nSPS) is 12.0. The van der Waals surface area contributed by atoms with E-state index in [0.29, 0.717) is 0 Å². The van der Waals surface area contributed by atoms with E-state index in [-0.39, 0.29) is 0 Å². The van der Waals surface area contributed by atoms with E-state index in [4.69, 9.17) is 0 Å². The van der Waals surface area contributed by atoms with Crippen LogP contribution in [0, 0.1) is 0 Å². The highest BCUT2D eigenvalue weighted by atomic mass is 32.1. The third kappa shape index (κ3) is 3.44. The highest BCUT2D eigenvalue weighted by molar-refractivity contribution is 7.27. The lowest BCUT2D eigenvalue weighted by Gasteiger charge is -2.12. The van der Waals surface area contributed by atoms with Crippen LogP contribution in [0.15, 0.2) is 158 Å². The van der Waals surface area contributed by atoms with Crippen LogP contribution in [0.4, 0.5) is 0 Å². The summed E-state index contributed by atoms with van der Waals surface area (Å²) < 4.78 is 7.65. The molecule has 10 rings (SSSR count). The fourth-order valence-corrected chi connectivity index (χ4v) is 8.68. The zero-order chi connectivity index (χ0) is 29.5. The highest BCUT2D eigenvalue weighted by Crippen LogP contribution is 2.51. The van der Waals surface area contributed by atoms with Gasteiger partial charge >= 0.3 is 0 Å². The average Bonchev–Trinajstić information content (AvgIpc) is 3.77. The van der Waals surface area contributed by atoms with E-state index < -0.39 is 0 Å². The van der Waals surface area contributed by atoms with Gasteiger partial charge in [0.25, 0.3) is 0 Å². The Labute approximate surface area is 263 Å². The second kappa shape index (κ2) is 9.43. The first kappa shape index (κ1) is 24.8. The lowest BCUT2D eigenvalue weighted by atomic mass is 10.0. The molecule has 0 aliphatic rings. The van der Waals surface area contributed by atoms with E-state index in [2.05, 4.69) is 167 Å². The SMILES string of the molecule is c1ccc(-c2ccc(-n3c4ccccc4c4c5c6ccccc6sc5c5c(c6ccccc6n5-c5ccccc5)c43)cc2)cc1. The molecule has 0 saturated carbocycles. The minimum atomic E-state index is 1.16. The van der Waals surface area contributed by atoms with E-state index in [1.54, 1.807) is 0 Å². The van der Waals surface area contributed by atoms with Crippen molar-refractivity contribution < 1.29 is 0 Å². The summed E-state index contributed by atoms with van der Waals surface area (Å²) in [5, 5.41) is 7.84. The number of hydrogen-bond donors (Lipinski definition) is 0. The van der Waals surface area contributed by atoms with Crippen LogP contribution in [0.2, 0.25) is 0 Å². The average molecular weight is 591 g/mol. The first-order valence-electron chi connectivity index (χ1n) is 15.4. The molecule has 0 aliphatic heterocycles. The zero-order valence-corrected chi connectivity index (χ0v) is 25.1. The molecule has 0 atom stereocenters. The van der Waals surface area contributed by atoms with Crippen molar-refractivity contribution >= 4 is 75.1 Å². The summed E-state index contributed by atoms with van der Waals surface area (Å²) in [7, 11) is 0. The van der Waals surface area contributed by atoms with Gasteiger partial charge in [0.1, 0.15) is 0 Å². The van der Waals surface area contributed by atoms with Gasteiger partial charge in [-0.1, -0.05) is 115 Å². The molecule has 3 aromatic heterocycles. The van der Waals surface area contributed by atoms with Gasteiger partial charge in [-0.25, -0.2) is 0 Å². The van der Waals surface area contributed by atoms with Crippen LogP contribution < -0.4 is 0 Å². The van der Waals surface area contributed by atoms with Gasteiger partial charge in [0.2, 0.25) is 0 Å². The molecular formula is C42H26N2S. The maximum Gasteiger partial charge on any atom is 0.0741 e. The molecule has 2 nitrogen and oxygen atoms in total. The van der Waals surface area contributed by atoms with Crippen molar-refractivity contribution in [3.8, 4) is 22.5 Å². The summed E-state index contributed by atoms with van der Waals surface area (Å²) in [4.78, 5) is 0. The third-order valence-corrected chi connectivity index (χ3v) is 10.5. The van der Waals surface area contributed by atoms with Crippen LogP contribution in [-0.2, 0) is 0 Å². The van der Waals surface area contributed by atoms with Crippen LogP contribution >= 0.6 is 11.3 Å². The molecular weight excluding hydrogens is 565 g/mol. The van der Waals surface area contributed by atoms with Gasteiger partial charge in [0.05, 0.1) is 26.8 Å². The molecule has 10 aromatic rings. The van der Waals surface area contributed by atoms with Crippen molar-refractivity contribution in [1.29, 1.82) is 0 Å². The molecule has 0 amide bonds. The molecule has 3 heterocycles. The molecule has 210 valence electrons. The molecule has 7 aromatic carbocycles. The molecule has 0 radical (unpaired) electrons. The highest BCUT2D eigenvalue weighted by Gasteiger charge is 2.26. The lowest BCUT2D eigenvalue weighted by Crippen LogP contribution is -1.96. The minimum Gasteiger partial charge on any atom is -0.309 e. The van der Waals surface area contributed by atoms with Gasteiger partial charge in [0.15, 0.2) is 0 Å². The standard InChI is InChI=1S/C42H26N2S/c1-3-13-27(14-4-1)28-23-25-30(26-24-28)43-34-20-10-7-17-31(34)37-38-33-19-9-12-22-36(33)45-42(38)41-39(40(37)43)32-18-8-11-21-35(32)44(41)29-15-5-2-6-16-29/h1-26H. The van der Waals surface area contributed by atoms with Crippen molar-refractivity contribution in [1.82, 2.24) is 9.13 Å². The number of aromatic nitrogens is 2. The molecule has 0 aliphatic carbocycles. The number of benzene rings is 7. The Balaban J connectivity index is 1.46. The fourth-order valence-electron chi connectivity index (χ4n) is 7.43. The fraction of sp³-hybridized carbons (Fsp3) is 0. The molecule has 0 fully saturated rings. The van der Waals surface area contributed by atoms with Gasteiger partial charge in [-0.15, -0.1) is 11.3 Å². The predicted octanol–water partition coefficient (Wildman–Crippen LogP) is 11.9. The minimum absolute atomic E-state index is 1.16. The smallest absolute Gasteiger partial charge is 0.0741 e.